The number of aromatic nitrogens is 3. The molecule has 0 aliphatic carbocycles. The number of aliphatic hydroxyl groups excluding tert-OH is 1. The number of benzene rings is 1. The largest absolute Gasteiger partial charge is 0.396 e. The minimum Gasteiger partial charge on any atom is -0.396 e. The Hall–Kier alpha value is -3.18. The number of aliphatic hydroxyl groups is 1. The Bertz CT molecular complexity index is 1360. The highest BCUT2D eigenvalue weighted by molar-refractivity contribution is 8.02. The molecular formula is C31H42N6O4S. The van der Waals surface area contributed by atoms with E-state index in [0.717, 1.165) is 23.9 Å². The van der Waals surface area contributed by atoms with Crippen LogP contribution < -0.4 is 0 Å². The molecule has 4 heterocycles. The van der Waals surface area contributed by atoms with Crippen LogP contribution in [0.4, 0.5) is 0 Å². The van der Waals surface area contributed by atoms with E-state index in [9.17, 15) is 19.5 Å². The summed E-state index contributed by atoms with van der Waals surface area (Å²) in [6.07, 6.45) is 6.77. The van der Waals surface area contributed by atoms with E-state index in [-0.39, 0.29) is 37.5 Å². The highest BCUT2D eigenvalue weighted by Gasteiger charge is 2.77. The van der Waals surface area contributed by atoms with Crippen molar-refractivity contribution >= 4 is 40.5 Å². The number of carbonyl (C=O) groups is 3. The van der Waals surface area contributed by atoms with Crippen LogP contribution in [0.3, 0.4) is 0 Å². The molecule has 3 aliphatic heterocycles. The van der Waals surface area contributed by atoms with Gasteiger partial charge in [-0.2, -0.15) is 0 Å². The fourth-order valence-electron chi connectivity index (χ4n) is 7.36. The lowest BCUT2D eigenvalue weighted by Crippen LogP contribution is -2.55. The summed E-state index contributed by atoms with van der Waals surface area (Å²) < 4.78 is 0.549. The minimum atomic E-state index is -0.730. The zero-order valence-electron chi connectivity index (χ0n) is 24.7. The van der Waals surface area contributed by atoms with Crippen molar-refractivity contribution in [2.75, 3.05) is 32.8 Å². The monoisotopic (exact) mass is 594 g/mol. The smallest absolute Gasteiger partial charge is 0.248 e. The number of fused-ring (bicyclic) bond motifs is 2. The van der Waals surface area contributed by atoms with E-state index < -0.39 is 27.4 Å². The molecule has 3 aliphatic rings. The van der Waals surface area contributed by atoms with Crippen molar-refractivity contribution in [1.29, 1.82) is 0 Å². The second-order valence-electron chi connectivity index (χ2n) is 11.8. The Morgan fingerprint density at radius 3 is 2.60 bits per heavy atom. The number of carbonyl (C=O) groups excluding carboxylic acids is 3. The maximum atomic E-state index is 14.7. The van der Waals surface area contributed by atoms with Crippen LogP contribution in [0, 0.1) is 11.8 Å². The van der Waals surface area contributed by atoms with Gasteiger partial charge in [-0.05, 0) is 51.2 Å². The summed E-state index contributed by atoms with van der Waals surface area (Å²) in [6.45, 7) is 13.7. The van der Waals surface area contributed by atoms with Crippen LogP contribution in [0.5, 0.6) is 0 Å². The molecular weight excluding hydrogens is 552 g/mol. The zero-order chi connectivity index (χ0) is 30.1. The lowest BCUT2D eigenvalue weighted by Gasteiger charge is -2.38. The van der Waals surface area contributed by atoms with Gasteiger partial charge in [0.15, 0.2) is 0 Å². The Labute approximate surface area is 251 Å². The van der Waals surface area contributed by atoms with Crippen molar-refractivity contribution < 1.29 is 19.5 Å². The number of hydrogen-bond acceptors (Lipinski definition) is 7. The van der Waals surface area contributed by atoms with Gasteiger partial charge in [0.1, 0.15) is 18.2 Å². The van der Waals surface area contributed by atoms with Gasteiger partial charge in [-0.3, -0.25) is 14.4 Å². The summed E-state index contributed by atoms with van der Waals surface area (Å²) in [5, 5.41) is 18.0. The molecule has 226 valence electrons. The Morgan fingerprint density at radius 1 is 1.14 bits per heavy atom. The van der Waals surface area contributed by atoms with E-state index in [4.69, 9.17) is 0 Å². The predicted molar refractivity (Wildman–Crippen MR) is 163 cm³/mol. The van der Waals surface area contributed by atoms with E-state index >= 15 is 0 Å². The van der Waals surface area contributed by atoms with Crippen molar-refractivity contribution in [2.24, 2.45) is 11.8 Å². The first-order valence-electron chi connectivity index (χ1n) is 15.0. The summed E-state index contributed by atoms with van der Waals surface area (Å²) in [4.78, 5) is 48.4. The average molecular weight is 595 g/mol. The third-order valence-corrected chi connectivity index (χ3v) is 11.1. The Morgan fingerprint density at radius 2 is 1.88 bits per heavy atom. The summed E-state index contributed by atoms with van der Waals surface area (Å²) in [5.41, 5.74) is 1.55. The number of rotatable bonds is 14. The lowest BCUT2D eigenvalue weighted by atomic mass is 9.66. The third kappa shape index (κ3) is 4.94. The molecule has 1 N–H and O–H groups in total. The number of likely N-dealkylation sites (tertiary alicyclic amines) is 1. The van der Waals surface area contributed by atoms with Crippen LogP contribution in [0.25, 0.3) is 11.0 Å². The first-order chi connectivity index (χ1) is 20.3. The van der Waals surface area contributed by atoms with Gasteiger partial charge < -0.3 is 19.8 Å². The van der Waals surface area contributed by atoms with Crippen LogP contribution in [0.15, 0.2) is 49.6 Å². The maximum Gasteiger partial charge on any atom is 0.248 e. The first kappa shape index (κ1) is 30.3. The van der Waals surface area contributed by atoms with Gasteiger partial charge in [0, 0.05) is 37.5 Å². The highest BCUT2D eigenvalue weighted by atomic mass is 32.2. The predicted octanol–water partition coefficient (Wildman–Crippen LogP) is 3.08. The van der Waals surface area contributed by atoms with Gasteiger partial charge in [-0.1, -0.05) is 36.4 Å². The third-order valence-electron chi connectivity index (χ3n) is 9.12. The Kier molecular flexibility index (Phi) is 8.80. The van der Waals surface area contributed by atoms with Crippen LogP contribution in [-0.2, 0) is 21.1 Å². The molecule has 2 unspecified atom stereocenters. The van der Waals surface area contributed by atoms with Gasteiger partial charge in [-0.15, -0.1) is 30.0 Å². The van der Waals surface area contributed by atoms with Crippen LogP contribution in [0.2, 0.25) is 0 Å². The molecule has 10 nitrogen and oxygen atoms in total. The highest BCUT2D eigenvalue weighted by Crippen LogP contribution is 2.71. The molecule has 3 amide bonds. The molecule has 1 aromatic carbocycles. The molecule has 5 rings (SSSR count). The fourth-order valence-corrected chi connectivity index (χ4v) is 9.70. The molecule has 5 atom stereocenters. The van der Waals surface area contributed by atoms with Gasteiger partial charge in [0.2, 0.25) is 17.7 Å². The van der Waals surface area contributed by atoms with E-state index in [1.54, 1.807) is 38.4 Å². The summed E-state index contributed by atoms with van der Waals surface area (Å²) >= 11 is 1.68. The van der Waals surface area contributed by atoms with E-state index in [2.05, 4.69) is 30.4 Å². The molecule has 0 radical (unpaired) electrons. The normalized spacial score (nSPS) is 27.8. The lowest BCUT2D eigenvalue weighted by molar-refractivity contribution is -0.146. The van der Waals surface area contributed by atoms with Crippen molar-refractivity contribution in [3.63, 3.8) is 0 Å². The standard InChI is InChI=1S/C31H42N6O4S/c1-5-16-34(17-6-2)27(39)24-25-28(40)36(19-10-11-20-38)26(31(25)15-14-30(24,4)42-31)29(41)35(18-7-3)21-37-23-13-9-8-12-22(23)32-33-37/h5,7-9,12-13,24-26,38H,1,3,6,10-11,14-21H2,2,4H3/t24-,25+,26?,30+,31?/m1/s1. The van der Waals surface area contributed by atoms with Crippen molar-refractivity contribution in [1.82, 2.24) is 29.7 Å². The van der Waals surface area contributed by atoms with Crippen LogP contribution >= 0.6 is 11.8 Å². The van der Waals surface area contributed by atoms with E-state index in [1.165, 1.54) is 0 Å². The number of hydrogen-bond donors (Lipinski definition) is 1. The molecule has 2 bridgehead atoms. The second kappa shape index (κ2) is 12.2. The number of nitrogens with zero attached hydrogens (tertiary/aromatic N) is 6. The molecule has 11 heteroatoms. The molecule has 0 saturated carbocycles. The van der Waals surface area contributed by atoms with E-state index in [0.29, 0.717) is 38.9 Å². The minimum absolute atomic E-state index is 0.0125. The zero-order valence-corrected chi connectivity index (χ0v) is 25.5. The van der Waals surface area contributed by atoms with Gasteiger partial charge in [-0.25, -0.2) is 4.68 Å². The average Bonchev–Trinajstić information content (AvgIpc) is 3.68. The SMILES string of the molecule is C=CCN(Cn1nnc2ccccc21)C(=O)C1N(CCCCO)C(=O)[C@@H]2[C@H](C(=O)N(CC=C)CCC)[C@]3(C)CCC12S3. The quantitative estimate of drug-likeness (QED) is 0.264. The molecule has 1 aromatic heterocycles. The maximum absolute atomic E-state index is 14.7. The number of amides is 3. The summed E-state index contributed by atoms with van der Waals surface area (Å²) in [5.74, 6) is -1.41. The summed E-state index contributed by atoms with van der Waals surface area (Å²) in [6, 6.07) is 6.86. The second-order valence-corrected chi connectivity index (χ2v) is 13.7. The van der Waals surface area contributed by atoms with Crippen molar-refractivity contribution in [2.45, 2.75) is 68.2 Å². The molecule has 1 spiro atoms. The summed E-state index contributed by atoms with van der Waals surface area (Å²) in [7, 11) is 0. The van der Waals surface area contributed by atoms with Crippen LogP contribution in [-0.4, -0.2) is 101 Å². The first-order valence-corrected chi connectivity index (χ1v) is 15.8. The topological polar surface area (TPSA) is 112 Å². The number of para-hydroxylation sites is 1. The molecule has 42 heavy (non-hydrogen) atoms. The van der Waals surface area contributed by atoms with Crippen LogP contribution in [0.1, 0.15) is 46.0 Å². The number of thioether (sulfide) groups is 1. The van der Waals surface area contributed by atoms with Gasteiger partial charge in [0.25, 0.3) is 0 Å². The van der Waals surface area contributed by atoms with E-state index in [1.807, 2.05) is 36.1 Å². The molecule has 3 saturated heterocycles. The molecule has 3 fully saturated rings. The fraction of sp³-hybridized carbons (Fsp3) is 0.581. The van der Waals surface area contributed by atoms with Crippen molar-refractivity contribution in [3.05, 3.63) is 49.6 Å². The number of unbranched alkanes of at least 4 members (excludes halogenated alkanes) is 1. The Balaban J connectivity index is 1.53. The van der Waals surface area contributed by atoms with Crippen molar-refractivity contribution in [3.8, 4) is 0 Å². The van der Waals surface area contributed by atoms with Gasteiger partial charge >= 0.3 is 0 Å². The van der Waals surface area contributed by atoms with Gasteiger partial charge in [0.05, 0.1) is 22.1 Å². The molecule has 2 aromatic rings.